The fourth-order valence-electron chi connectivity index (χ4n) is 4.22. The highest BCUT2D eigenvalue weighted by Crippen LogP contribution is 2.31. The summed E-state index contributed by atoms with van der Waals surface area (Å²) in [7, 11) is 0. The van der Waals surface area contributed by atoms with Gasteiger partial charge in [0.05, 0.1) is 12.1 Å². The second-order valence-corrected chi connectivity index (χ2v) is 9.91. The van der Waals surface area contributed by atoms with Crippen LogP contribution in [0.2, 0.25) is 0 Å². The molecule has 0 radical (unpaired) electrons. The van der Waals surface area contributed by atoms with E-state index in [9.17, 15) is 4.79 Å². The number of carbonyl (C=O) groups is 1. The molecule has 1 N–H and O–H groups in total. The number of hydrogen-bond acceptors (Lipinski definition) is 7. The van der Waals surface area contributed by atoms with Gasteiger partial charge >= 0.3 is 6.09 Å². The van der Waals surface area contributed by atoms with E-state index >= 15 is 0 Å². The van der Waals surface area contributed by atoms with Crippen molar-refractivity contribution < 1.29 is 14.3 Å². The Morgan fingerprint density at radius 3 is 2.80 bits per heavy atom. The SMILES string of the molecule is CCCCOc1ccnc(-c2ccc3nccc(N4CCCC(NC(=O)OC(C)(C)C)C4)c3c2)n1. The Morgan fingerprint density at radius 2 is 2.00 bits per heavy atom. The van der Waals surface area contributed by atoms with Crippen molar-refractivity contribution in [1.29, 1.82) is 0 Å². The van der Waals surface area contributed by atoms with E-state index in [4.69, 9.17) is 9.47 Å². The van der Waals surface area contributed by atoms with Gasteiger partial charge in [-0.3, -0.25) is 4.98 Å². The van der Waals surface area contributed by atoms with Gasteiger partial charge in [0.15, 0.2) is 5.82 Å². The maximum atomic E-state index is 12.3. The van der Waals surface area contributed by atoms with Gasteiger partial charge in [0.1, 0.15) is 5.60 Å². The Kier molecular flexibility index (Phi) is 7.68. The first-order valence-electron chi connectivity index (χ1n) is 12.4. The molecule has 1 amide bonds. The van der Waals surface area contributed by atoms with Gasteiger partial charge in [0.25, 0.3) is 0 Å². The predicted molar refractivity (Wildman–Crippen MR) is 138 cm³/mol. The van der Waals surface area contributed by atoms with Gasteiger partial charge < -0.3 is 19.7 Å². The van der Waals surface area contributed by atoms with Crippen LogP contribution in [0.3, 0.4) is 0 Å². The highest BCUT2D eigenvalue weighted by atomic mass is 16.6. The Labute approximate surface area is 207 Å². The number of pyridine rings is 1. The summed E-state index contributed by atoms with van der Waals surface area (Å²) in [6.07, 6.45) is 7.15. The van der Waals surface area contributed by atoms with E-state index in [1.807, 2.05) is 45.2 Å². The van der Waals surface area contributed by atoms with E-state index < -0.39 is 5.60 Å². The summed E-state index contributed by atoms with van der Waals surface area (Å²) in [5, 5.41) is 4.07. The molecule has 8 heteroatoms. The third-order valence-electron chi connectivity index (χ3n) is 5.84. The Balaban J connectivity index is 1.56. The van der Waals surface area contributed by atoms with Crippen LogP contribution in [0.1, 0.15) is 53.4 Å². The number of anilines is 1. The minimum absolute atomic E-state index is 0.0188. The third kappa shape index (κ3) is 6.59. The smallest absolute Gasteiger partial charge is 0.407 e. The lowest BCUT2D eigenvalue weighted by atomic mass is 10.0. The molecule has 1 aliphatic rings. The zero-order valence-corrected chi connectivity index (χ0v) is 21.1. The summed E-state index contributed by atoms with van der Waals surface area (Å²) in [5.74, 6) is 1.21. The van der Waals surface area contributed by atoms with Gasteiger partial charge in [0.2, 0.25) is 5.88 Å². The number of ether oxygens (including phenoxy) is 2. The van der Waals surface area contributed by atoms with Crippen LogP contribution in [0.25, 0.3) is 22.3 Å². The molecule has 0 spiro atoms. The molecule has 1 unspecified atom stereocenters. The molecular weight excluding hydrogens is 442 g/mol. The lowest BCUT2D eigenvalue weighted by molar-refractivity contribution is 0.0500. The molecule has 8 nitrogen and oxygen atoms in total. The van der Waals surface area contributed by atoms with Crippen molar-refractivity contribution in [3.8, 4) is 17.3 Å². The summed E-state index contributed by atoms with van der Waals surface area (Å²) < 4.78 is 11.2. The monoisotopic (exact) mass is 477 g/mol. The van der Waals surface area contributed by atoms with Crippen LogP contribution in [0.4, 0.5) is 10.5 Å². The maximum Gasteiger partial charge on any atom is 0.407 e. The lowest BCUT2D eigenvalue weighted by Crippen LogP contribution is -2.49. The van der Waals surface area contributed by atoms with E-state index in [1.54, 1.807) is 12.3 Å². The Bertz CT molecular complexity index is 1160. The largest absolute Gasteiger partial charge is 0.478 e. The van der Waals surface area contributed by atoms with Gasteiger partial charge in [-0.2, -0.15) is 4.98 Å². The summed E-state index contributed by atoms with van der Waals surface area (Å²) in [4.78, 5) is 28.3. The van der Waals surface area contributed by atoms with Gasteiger partial charge in [-0.25, -0.2) is 9.78 Å². The molecule has 1 fully saturated rings. The zero-order valence-electron chi connectivity index (χ0n) is 21.1. The fraction of sp³-hybridized carbons (Fsp3) is 0.481. The number of piperidine rings is 1. The molecule has 0 aliphatic carbocycles. The summed E-state index contributed by atoms with van der Waals surface area (Å²) in [5.41, 5.74) is 2.39. The Hall–Kier alpha value is -3.42. The zero-order chi connectivity index (χ0) is 24.8. The predicted octanol–water partition coefficient (Wildman–Crippen LogP) is 5.36. The molecule has 3 heterocycles. The second kappa shape index (κ2) is 10.9. The molecule has 0 bridgehead atoms. The van der Waals surface area contributed by atoms with Crippen molar-refractivity contribution >= 4 is 22.7 Å². The molecule has 35 heavy (non-hydrogen) atoms. The van der Waals surface area contributed by atoms with Crippen molar-refractivity contribution in [2.75, 3.05) is 24.6 Å². The third-order valence-corrected chi connectivity index (χ3v) is 5.84. The van der Waals surface area contributed by atoms with Gasteiger partial charge in [0, 0.05) is 54.2 Å². The molecule has 0 saturated carbocycles. The number of unbranched alkanes of at least 4 members (excludes halogenated alkanes) is 1. The minimum Gasteiger partial charge on any atom is -0.478 e. The van der Waals surface area contributed by atoms with Crippen LogP contribution in [-0.4, -0.2) is 52.4 Å². The van der Waals surface area contributed by atoms with Crippen molar-refractivity contribution in [1.82, 2.24) is 20.3 Å². The average Bonchev–Trinajstić information content (AvgIpc) is 2.82. The van der Waals surface area contributed by atoms with E-state index in [0.717, 1.165) is 54.4 Å². The molecule has 1 aliphatic heterocycles. The number of aromatic nitrogens is 3. The van der Waals surface area contributed by atoms with E-state index in [-0.39, 0.29) is 12.1 Å². The molecule has 1 aromatic carbocycles. The normalized spacial score (nSPS) is 16.2. The molecule has 4 rings (SSSR count). The first-order valence-corrected chi connectivity index (χ1v) is 12.4. The molecule has 2 aromatic heterocycles. The number of nitrogens with zero attached hydrogens (tertiary/aromatic N) is 4. The lowest BCUT2D eigenvalue weighted by Gasteiger charge is -2.35. The standard InChI is InChI=1S/C27H35N5O3/c1-5-6-16-34-24-12-14-29-25(31-24)19-9-10-22-21(17-19)23(11-13-28-22)32-15-7-8-20(18-32)30-26(33)35-27(2,3)4/h9-14,17,20H,5-8,15-16,18H2,1-4H3,(H,30,33). The average molecular weight is 478 g/mol. The summed E-state index contributed by atoms with van der Waals surface area (Å²) in [6.45, 7) is 10.0. The Morgan fingerprint density at radius 1 is 1.17 bits per heavy atom. The van der Waals surface area contributed by atoms with Crippen LogP contribution in [0.5, 0.6) is 5.88 Å². The van der Waals surface area contributed by atoms with E-state index in [1.165, 1.54) is 0 Å². The highest BCUT2D eigenvalue weighted by Gasteiger charge is 2.25. The number of rotatable bonds is 7. The highest BCUT2D eigenvalue weighted by molar-refractivity contribution is 5.94. The minimum atomic E-state index is -0.517. The molecule has 1 atom stereocenters. The number of alkyl carbamates (subject to hydrolysis) is 1. The molecule has 1 saturated heterocycles. The topological polar surface area (TPSA) is 89.5 Å². The van der Waals surface area contributed by atoms with Gasteiger partial charge in [-0.1, -0.05) is 13.3 Å². The van der Waals surface area contributed by atoms with E-state index in [0.29, 0.717) is 24.9 Å². The number of nitrogens with one attached hydrogen (secondary N) is 1. The van der Waals surface area contributed by atoms with Crippen LogP contribution in [-0.2, 0) is 4.74 Å². The van der Waals surface area contributed by atoms with Crippen molar-refractivity contribution in [3.05, 3.63) is 42.7 Å². The number of carbonyl (C=O) groups excluding carboxylic acids is 1. The van der Waals surface area contributed by atoms with Gasteiger partial charge in [-0.15, -0.1) is 0 Å². The molecule has 186 valence electrons. The van der Waals surface area contributed by atoms with Crippen molar-refractivity contribution in [2.45, 2.75) is 65.0 Å². The number of hydrogen-bond donors (Lipinski definition) is 1. The van der Waals surface area contributed by atoms with E-state index in [2.05, 4.69) is 38.2 Å². The first-order chi connectivity index (χ1) is 16.8. The van der Waals surface area contributed by atoms with Crippen molar-refractivity contribution in [2.24, 2.45) is 0 Å². The summed E-state index contributed by atoms with van der Waals surface area (Å²) >= 11 is 0. The fourth-order valence-corrected chi connectivity index (χ4v) is 4.22. The van der Waals surface area contributed by atoms with Crippen LogP contribution in [0.15, 0.2) is 42.7 Å². The number of fused-ring (bicyclic) bond motifs is 1. The quantitative estimate of drug-likeness (QED) is 0.458. The van der Waals surface area contributed by atoms with Crippen LogP contribution >= 0.6 is 0 Å². The first kappa shape index (κ1) is 24.7. The second-order valence-electron chi connectivity index (χ2n) is 9.91. The van der Waals surface area contributed by atoms with Crippen LogP contribution < -0.4 is 15.0 Å². The maximum absolute atomic E-state index is 12.3. The number of benzene rings is 1. The molecular formula is C27H35N5O3. The van der Waals surface area contributed by atoms with Gasteiger partial charge in [-0.05, 0) is 64.3 Å². The molecule has 3 aromatic rings. The van der Waals surface area contributed by atoms with Crippen LogP contribution in [0, 0.1) is 0 Å². The van der Waals surface area contributed by atoms with Crippen molar-refractivity contribution in [3.63, 3.8) is 0 Å². The number of amides is 1. The summed E-state index contributed by atoms with van der Waals surface area (Å²) in [6, 6.07) is 9.93.